The number of hydrogen-bond donors (Lipinski definition) is 0. The number of pyridine rings is 1. The van der Waals surface area contributed by atoms with Crippen molar-refractivity contribution in [2.75, 3.05) is 0 Å². The molecule has 0 saturated heterocycles. The van der Waals surface area contributed by atoms with Crippen molar-refractivity contribution in [3.63, 3.8) is 0 Å². The van der Waals surface area contributed by atoms with E-state index in [1.165, 1.54) is 35.4 Å². The molecule has 0 aliphatic heterocycles. The standard InChI is InChI=1S/C10H8FN3O2/c11-8-1-2-9(13-5-8)6-16-10(15)14-4-3-12-7-14/h1-5,7H,6H2. The highest BCUT2D eigenvalue weighted by molar-refractivity contribution is 5.69. The van der Waals surface area contributed by atoms with E-state index in [0.717, 1.165) is 6.20 Å². The van der Waals surface area contributed by atoms with Gasteiger partial charge in [-0.25, -0.2) is 18.7 Å². The van der Waals surface area contributed by atoms with Gasteiger partial charge in [-0.3, -0.25) is 4.98 Å². The van der Waals surface area contributed by atoms with Gasteiger partial charge in [-0.2, -0.15) is 0 Å². The second-order valence-corrected chi connectivity index (χ2v) is 2.99. The third-order valence-electron chi connectivity index (χ3n) is 1.85. The maximum Gasteiger partial charge on any atom is 0.419 e. The topological polar surface area (TPSA) is 57.0 Å². The number of carbonyl (C=O) groups excluding carboxylic acids is 1. The van der Waals surface area contributed by atoms with Gasteiger partial charge in [0.25, 0.3) is 0 Å². The Balaban J connectivity index is 1.93. The molecule has 2 heterocycles. The molecule has 0 saturated carbocycles. The predicted octanol–water partition coefficient (Wildman–Crippen LogP) is 1.60. The molecule has 6 heteroatoms. The van der Waals surface area contributed by atoms with Gasteiger partial charge in [0.05, 0.1) is 11.9 Å². The fourth-order valence-electron chi connectivity index (χ4n) is 1.07. The molecule has 16 heavy (non-hydrogen) atoms. The first-order valence-corrected chi connectivity index (χ1v) is 4.51. The molecule has 2 aromatic rings. The fourth-order valence-corrected chi connectivity index (χ4v) is 1.07. The van der Waals surface area contributed by atoms with Crippen molar-refractivity contribution in [2.24, 2.45) is 0 Å². The van der Waals surface area contributed by atoms with Gasteiger partial charge in [-0.05, 0) is 12.1 Å². The molecule has 0 radical (unpaired) electrons. The summed E-state index contributed by atoms with van der Waals surface area (Å²) < 4.78 is 18.6. The van der Waals surface area contributed by atoms with Crippen LogP contribution < -0.4 is 0 Å². The maximum absolute atomic E-state index is 12.5. The summed E-state index contributed by atoms with van der Waals surface area (Å²) >= 11 is 0. The lowest BCUT2D eigenvalue weighted by Crippen LogP contribution is -2.11. The molecule has 0 atom stereocenters. The molecule has 0 bridgehead atoms. The summed E-state index contributed by atoms with van der Waals surface area (Å²) in [6.07, 6.45) is 4.79. The Morgan fingerprint density at radius 2 is 2.38 bits per heavy atom. The quantitative estimate of drug-likeness (QED) is 0.772. The molecule has 5 nitrogen and oxygen atoms in total. The average molecular weight is 221 g/mol. The van der Waals surface area contributed by atoms with Gasteiger partial charge >= 0.3 is 6.09 Å². The third-order valence-corrected chi connectivity index (χ3v) is 1.85. The number of imidazole rings is 1. The SMILES string of the molecule is O=C(OCc1ccc(F)cn1)n1ccnc1. The van der Waals surface area contributed by atoms with Crippen molar-refractivity contribution in [1.82, 2.24) is 14.5 Å². The zero-order chi connectivity index (χ0) is 11.4. The molecule has 0 fully saturated rings. The monoisotopic (exact) mass is 221 g/mol. The van der Waals surface area contributed by atoms with Crippen LogP contribution in [-0.2, 0) is 11.3 Å². The summed E-state index contributed by atoms with van der Waals surface area (Å²) in [5, 5.41) is 0. The molecule has 0 amide bonds. The van der Waals surface area contributed by atoms with Crippen molar-refractivity contribution < 1.29 is 13.9 Å². The van der Waals surface area contributed by atoms with Gasteiger partial charge in [0.2, 0.25) is 0 Å². The predicted molar refractivity (Wildman–Crippen MR) is 52.0 cm³/mol. The highest BCUT2D eigenvalue weighted by Gasteiger charge is 2.05. The van der Waals surface area contributed by atoms with Crippen LogP contribution in [0.1, 0.15) is 5.69 Å². The van der Waals surface area contributed by atoms with Gasteiger partial charge in [-0.1, -0.05) is 0 Å². The molecule has 82 valence electrons. The Morgan fingerprint density at radius 3 is 3.00 bits per heavy atom. The van der Waals surface area contributed by atoms with E-state index in [4.69, 9.17) is 4.74 Å². The molecule has 0 aliphatic rings. The van der Waals surface area contributed by atoms with Crippen LogP contribution in [0.2, 0.25) is 0 Å². The minimum Gasteiger partial charge on any atom is -0.442 e. The molecule has 0 unspecified atom stereocenters. The molecule has 2 rings (SSSR count). The van der Waals surface area contributed by atoms with Gasteiger partial charge in [-0.15, -0.1) is 0 Å². The van der Waals surface area contributed by atoms with E-state index in [2.05, 4.69) is 9.97 Å². The number of ether oxygens (including phenoxy) is 1. The Morgan fingerprint density at radius 1 is 1.50 bits per heavy atom. The van der Waals surface area contributed by atoms with Gasteiger partial charge in [0, 0.05) is 12.4 Å². The van der Waals surface area contributed by atoms with E-state index >= 15 is 0 Å². The zero-order valence-corrected chi connectivity index (χ0v) is 8.21. The normalized spacial score (nSPS) is 10.1. The summed E-state index contributed by atoms with van der Waals surface area (Å²) in [4.78, 5) is 18.8. The first-order chi connectivity index (χ1) is 7.75. The molecule has 0 aliphatic carbocycles. The minimum absolute atomic E-state index is 0.00269. The first-order valence-electron chi connectivity index (χ1n) is 4.51. The second kappa shape index (κ2) is 4.52. The Hall–Kier alpha value is -2.24. The first kappa shape index (κ1) is 10.3. The maximum atomic E-state index is 12.5. The number of carbonyl (C=O) groups is 1. The summed E-state index contributed by atoms with van der Waals surface area (Å²) in [7, 11) is 0. The molecule has 0 aromatic carbocycles. The highest BCUT2D eigenvalue weighted by Crippen LogP contribution is 2.01. The lowest BCUT2D eigenvalue weighted by atomic mass is 10.4. The van der Waals surface area contributed by atoms with E-state index in [9.17, 15) is 9.18 Å². The molecular formula is C10H8FN3O2. The Bertz CT molecular complexity index is 467. The number of nitrogens with zero attached hydrogens (tertiary/aromatic N) is 3. The largest absolute Gasteiger partial charge is 0.442 e. The second-order valence-electron chi connectivity index (χ2n) is 2.99. The van der Waals surface area contributed by atoms with Gasteiger partial charge in [0.15, 0.2) is 0 Å². The lowest BCUT2D eigenvalue weighted by Gasteiger charge is -2.03. The van der Waals surface area contributed by atoms with Gasteiger partial charge < -0.3 is 4.74 Å². The van der Waals surface area contributed by atoms with E-state index in [0.29, 0.717) is 5.69 Å². The lowest BCUT2D eigenvalue weighted by molar-refractivity contribution is 0.140. The van der Waals surface area contributed by atoms with Gasteiger partial charge in [0.1, 0.15) is 18.8 Å². The summed E-state index contributed by atoms with van der Waals surface area (Å²) in [6, 6.07) is 2.71. The third kappa shape index (κ3) is 2.41. The van der Waals surface area contributed by atoms with Crippen LogP contribution in [0, 0.1) is 5.82 Å². The van der Waals surface area contributed by atoms with Crippen LogP contribution in [-0.4, -0.2) is 20.6 Å². The summed E-state index contributed by atoms with van der Waals surface area (Å²) in [5.74, 6) is -0.426. The smallest absolute Gasteiger partial charge is 0.419 e. The number of rotatable bonds is 2. The van der Waals surface area contributed by atoms with E-state index in [-0.39, 0.29) is 6.61 Å². The zero-order valence-electron chi connectivity index (χ0n) is 8.21. The summed E-state index contributed by atoms with van der Waals surface area (Å²) in [5.41, 5.74) is 0.481. The van der Waals surface area contributed by atoms with Crippen LogP contribution in [0.15, 0.2) is 37.1 Å². The summed E-state index contributed by atoms with van der Waals surface area (Å²) in [6.45, 7) is -0.00269. The average Bonchev–Trinajstić information content (AvgIpc) is 2.81. The van der Waals surface area contributed by atoms with E-state index < -0.39 is 11.9 Å². The molecule has 0 spiro atoms. The van der Waals surface area contributed by atoms with Crippen molar-refractivity contribution in [3.8, 4) is 0 Å². The number of aromatic nitrogens is 3. The fraction of sp³-hybridized carbons (Fsp3) is 0.100. The highest BCUT2D eigenvalue weighted by atomic mass is 19.1. The van der Waals surface area contributed by atoms with E-state index in [1.807, 2.05) is 0 Å². The van der Waals surface area contributed by atoms with E-state index in [1.54, 1.807) is 0 Å². The van der Waals surface area contributed by atoms with Crippen LogP contribution in [0.25, 0.3) is 0 Å². The number of halogens is 1. The van der Waals surface area contributed by atoms with Crippen LogP contribution in [0.5, 0.6) is 0 Å². The minimum atomic E-state index is -0.552. The molecular weight excluding hydrogens is 213 g/mol. The van der Waals surface area contributed by atoms with Crippen LogP contribution >= 0.6 is 0 Å². The number of hydrogen-bond acceptors (Lipinski definition) is 4. The van der Waals surface area contributed by atoms with Crippen LogP contribution in [0.4, 0.5) is 9.18 Å². The van der Waals surface area contributed by atoms with Crippen LogP contribution in [0.3, 0.4) is 0 Å². The van der Waals surface area contributed by atoms with Crippen molar-refractivity contribution in [2.45, 2.75) is 6.61 Å². The molecule has 0 N–H and O–H groups in total. The van der Waals surface area contributed by atoms with Crippen molar-refractivity contribution >= 4 is 6.09 Å². The Labute approximate surface area is 90.5 Å². The van der Waals surface area contributed by atoms with Crippen molar-refractivity contribution in [3.05, 3.63) is 48.6 Å². The molecule has 2 aromatic heterocycles. The Kier molecular flexibility index (Phi) is 2.90. The van der Waals surface area contributed by atoms with Crippen molar-refractivity contribution in [1.29, 1.82) is 0 Å².